The summed E-state index contributed by atoms with van der Waals surface area (Å²) in [6.07, 6.45) is 1.73. The van der Waals surface area contributed by atoms with Crippen LogP contribution in [-0.4, -0.2) is 55.8 Å². The highest BCUT2D eigenvalue weighted by atomic mass is 32.2. The number of rotatable bonds is 5. The van der Waals surface area contributed by atoms with Gasteiger partial charge < -0.3 is 4.74 Å². The summed E-state index contributed by atoms with van der Waals surface area (Å²) in [7, 11) is -2.33. The van der Waals surface area contributed by atoms with E-state index < -0.39 is 16.2 Å². The normalized spacial score (nSPS) is 19.1. The third-order valence-corrected chi connectivity index (χ3v) is 5.61. The van der Waals surface area contributed by atoms with E-state index in [-0.39, 0.29) is 12.6 Å². The second-order valence-corrected chi connectivity index (χ2v) is 7.19. The van der Waals surface area contributed by atoms with Gasteiger partial charge in [0.05, 0.1) is 7.11 Å². The molecule has 112 valence electrons. The number of hydrogen-bond donors (Lipinski definition) is 0. The van der Waals surface area contributed by atoms with Crippen molar-refractivity contribution in [2.24, 2.45) is 5.92 Å². The minimum Gasteiger partial charge on any atom is -0.468 e. The topological polar surface area (TPSA) is 66.9 Å². The predicted molar refractivity (Wildman–Crippen MR) is 72.7 cm³/mol. The fraction of sp³-hybridized carbons (Fsp3) is 0.917. The van der Waals surface area contributed by atoms with Crippen LogP contribution in [0.2, 0.25) is 0 Å². The average Bonchev–Trinajstić information content (AvgIpc) is 2.35. The van der Waals surface area contributed by atoms with Gasteiger partial charge in [-0.25, -0.2) is 0 Å². The molecule has 0 spiro atoms. The first kappa shape index (κ1) is 16.4. The lowest BCUT2D eigenvalue weighted by molar-refractivity contribution is -0.141. The fourth-order valence-electron chi connectivity index (χ4n) is 2.09. The van der Waals surface area contributed by atoms with E-state index in [2.05, 4.69) is 11.7 Å². The van der Waals surface area contributed by atoms with Gasteiger partial charge in [-0.1, -0.05) is 6.92 Å². The maximum absolute atomic E-state index is 12.5. The van der Waals surface area contributed by atoms with Crippen molar-refractivity contribution in [3.05, 3.63) is 0 Å². The van der Waals surface area contributed by atoms with Crippen molar-refractivity contribution >= 4 is 16.2 Å². The Balaban J connectivity index is 2.84. The first-order chi connectivity index (χ1) is 8.78. The van der Waals surface area contributed by atoms with Gasteiger partial charge in [-0.2, -0.15) is 17.0 Å². The zero-order valence-corrected chi connectivity index (χ0v) is 12.9. The van der Waals surface area contributed by atoms with Crippen molar-refractivity contribution in [2.75, 3.05) is 26.7 Å². The zero-order chi connectivity index (χ0) is 14.6. The number of nitrogens with zero attached hydrogens (tertiary/aromatic N) is 2. The smallest absolute Gasteiger partial charge is 0.321 e. The number of ether oxygens (including phenoxy) is 1. The van der Waals surface area contributed by atoms with Gasteiger partial charge in [0.25, 0.3) is 10.2 Å². The molecule has 1 heterocycles. The fourth-order valence-corrected chi connectivity index (χ4v) is 3.86. The third kappa shape index (κ3) is 4.15. The summed E-state index contributed by atoms with van der Waals surface area (Å²) in [6.45, 7) is 6.45. The van der Waals surface area contributed by atoms with E-state index in [0.29, 0.717) is 19.0 Å². The summed E-state index contributed by atoms with van der Waals surface area (Å²) in [4.78, 5) is 11.4. The summed E-state index contributed by atoms with van der Waals surface area (Å²) in [5, 5.41) is 0. The van der Waals surface area contributed by atoms with E-state index >= 15 is 0 Å². The largest absolute Gasteiger partial charge is 0.468 e. The zero-order valence-electron chi connectivity index (χ0n) is 12.1. The molecule has 0 bridgehead atoms. The molecule has 0 unspecified atom stereocenters. The van der Waals surface area contributed by atoms with E-state index in [4.69, 9.17) is 0 Å². The van der Waals surface area contributed by atoms with Crippen LogP contribution in [0.25, 0.3) is 0 Å². The van der Waals surface area contributed by atoms with E-state index in [1.165, 1.54) is 15.7 Å². The molecule has 0 aromatic heterocycles. The maximum Gasteiger partial charge on any atom is 0.321 e. The standard InChI is InChI=1S/C12H24N2O4S/c1-10(2)14(9-12(15)18-4)19(16,17)13-7-5-11(3)6-8-13/h10-11H,5-9H2,1-4H3. The lowest BCUT2D eigenvalue weighted by Crippen LogP contribution is -2.51. The molecule has 0 atom stereocenters. The lowest BCUT2D eigenvalue weighted by atomic mass is 10.0. The van der Waals surface area contributed by atoms with E-state index in [1.54, 1.807) is 13.8 Å². The van der Waals surface area contributed by atoms with E-state index in [9.17, 15) is 13.2 Å². The van der Waals surface area contributed by atoms with Gasteiger partial charge in [0.2, 0.25) is 0 Å². The van der Waals surface area contributed by atoms with E-state index in [0.717, 1.165) is 12.8 Å². The molecule has 0 aromatic carbocycles. The minimum atomic E-state index is -3.59. The molecule has 1 aliphatic heterocycles. The Hall–Kier alpha value is -0.660. The molecule has 1 saturated heterocycles. The Kier molecular flexibility index (Phi) is 5.76. The van der Waals surface area contributed by atoms with Gasteiger partial charge in [-0.3, -0.25) is 4.79 Å². The third-order valence-electron chi connectivity index (χ3n) is 3.45. The van der Waals surface area contributed by atoms with Gasteiger partial charge in [0.1, 0.15) is 6.54 Å². The SMILES string of the molecule is COC(=O)CN(C(C)C)S(=O)(=O)N1CCC(C)CC1. The van der Waals surface area contributed by atoms with Crippen LogP contribution in [0.5, 0.6) is 0 Å². The number of carbonyl (C=O) groups is 1. The van der Waals surface area contributed by atoms with Gasteiger partial charge in [0, 0.05) is 19.1 Å². The van der Waals surface area contributed by atoms with Crippen LogP contribution >= 0.6 is 0 Å². The Morgan fingerprint density at radius 3 is 2.32 bits per heavy atom. The van der Waals surface area contributed by atoms with Crippen LogP contribution in [0.15, 0.2) is 0 Å². The second kappa shape index (κ2) is 6.67. The van der Waals surface area contributed by atoms with Crippen LogP contribution in [0.1, 0.15) is 33.6 Å². The quantitative estimate of drug-likeness (QED) is 0.705. The molecule has 0 N–H and O–H groups in total. The summed E-state index contributed by atoms with van der Waals surface area (Å²) in [5.41, 5.74) is 0. The van der Waals surface area contributed by atoms with Gasteiger partial charge >= 0.3 is 5.97 Å². The second-order valence-electron chi connectivity index (χ2n) is 5.30. The molecule has 0 saturated carbocycles. The van der Waals surface area contributed by atoms with Crippen LogP contribution in [-0.2, 0) is 19.7 Å². The average molecular weight is 292 g/mol. The van der Waals surface area contributed by atoms with Crippen LogP contribution < -0.4 is 0 Å². The van der Waals surface area contributed by atoms with Crippen molar-refractivity contribution in [2.45, 2.75) is 39.7 Å². The summed E-state index contributed by atoms with van der Waals surface area (Å²) in [5.74, 6) is 0.0159. The molecule has 1 rings (SSSR count). The Morgan fingerprint density at radius 2 is 1.89 bits per heavy atom. The molecule has 0 aliphatic carbocycles. The lowest BCUT2D eigenvalue weighted by Gasteiger charge is -2.35. The molecule has 19 heavy (non-hydrogen) atoms. The van der Waals surface area contributed by atoms with Gasteiger partial charge in [0.15, 0.2) is 0 Å². The molecular formula is C12H24N2O4S. The molecule has 1 fully saturated rings. The van der Waals surface area contributed by atoms with Crippen molar-refractivity contribution < 1.29 is 17.9 Å². The monoisotopic (exact) mass is 292 g/mol. The van der Waals surface area contributed by atoms with Crippen LogP contribution in [0.3, 0.4) is 0 Å². The van der Waals surface area contributed by atoms with E-state index in [1.807, 2.05) is 0 Å². The first-order valence-electron chi connectivity index (χ1n) is 6.62. The van der Waals surface area contributed by atoms with Crippen molar-refractivity contribution in [3.63, 3.8) is 0 Å². The molecular weight excluding hydrogens is 268 g/mol. The minimum absolute atomic E-state index is 0.234. The highest BCUT2D eigenvalue weighted by Gasteiger charge is 2.34. The van der Waals surface area contributed by atoms with Crippen molar-refractivity contribution in [3.8, 4) is 0 Å². The Labute approximate surface area is 115 Å². The Morgan fingerprint density at radius 1 is 1.37 bits per heavy atom. The summed E-state index contributed by atoms with van der Waals surface area (Å²) >= 11 is 0. The number of esters is 1. The maximum atomic E-state index is 12.5. The molecule has 0 amide bonds. The molecule has 6 nitrogen and oxygen atoms in total. The summed E-state index contributed by atoms with van der Waals surface area (Å²) < 4.78 is 32.3. The van der Waals surface area contributed by atoms with Crippen molar-refractivity contribution in [1.29, 1.82) is 0 Å². The number of piperidine rings is 1. The van der Waals surface area contributed by atoms with Crippen LogP contribution in [0.4, 0.5) is 0 Å². The molecule has 1 aliphatic rings. The first-order valence-corrected chi connectivity index (χ1v) is 8.02. The molecule has 7 heteroatoms. The molecule has 0 aromatic rings. The predicted octanol–water partition coefficient (Wildman–Crippen LogP) is 0.846. The summed E-state index contributed by atoms with van der Waals surface area (Å²) in [6, 6.07) is -0.275. The van der Waals surface area contributed by atoms with Gasteiger partial charge in [-0.15, -0.1) is 0 Å². The number of methoxy groups -OCH3 is 1. The number of carbonyl (C=O) groups excluding carboxylic acids is 1. The molecule has 0 radical (unpaired) electrons. The number of hydrogen-bond acceptors (Lipinski definition) is 4. The Bertz CT molecular complexity index is 400. The van der Waals surface area contributed by atoms with Gasteiger partial charge in [-0.05, 0) is 32.6 Å². The highest BCUT2D eigenvalue weighted by molar-refractivity contribution is 7.86. The van der Waals surface area contributed by atoms with Crippen LogP contribution in [0, 0.1) is 5.92 Å². The van der Waals surface area contributed by atoms with Crippen molar-refractivity contribution in [1.82, 2.24) is 8.61 Å². The highest BCUT2D eigenvalue weighted by Crippen LogP contribution is 2.21.